The Morgan fingerprint density at radius 1 is 0.884 bits per heavy atom. The van der Waals surface area contributed by atoms with E-state index in [2.05, 4.69) is 40.7 Å². The van der Waals surface area contributed by atoms with Gasteiger partial charge in [0.15, 0.2) is 0 Å². The van der Waals surface area contributed by atoms with Crippen molar-refractivity contribution in [2.45, 2.75) is 45.9 Å². The average molecular weight is 595 g/mol. The predicted molar refractivity (Wildman–Crippen MR) is 172 cm³/mol. The van der Waals surface area contributed by atoms with Gasteiger partial charge in [0.1, 0.15) is 11.6 Å². The van der Waals surface area contributed by atoms with Crippen LogP contribution in [0.4, 0.5) is 5.69 Å². The Hall–Kier alpha value is -4.46. The molecule has 0 aliphatic rings. The van der Waals surface area contributed by atoms with E-state index in [1.54, 1.807) is 19.2 Å². The summed E-state index contributed by atoms with van der Waals surface area (Å²) in [6.45, 7) is 4.40. The quantitative estimate of drug-likeness (QED) is 0.101. The van der Waals surface area contributed by atoms with Crippen LogP contribution < -0.4 is 4.74 Å². The Morgan fingerprint density at radius 3 is 2.19 bits per heavy atom. The third-order valence-electron chi connectivity index (χ3n) is 7.46. The van der Waals surface area contributed by atoms with Crippen LogP contribution in [0.3, 0.4) is 0 Å². The smallest absolute Gasteiger partial charge is 0.273 e. The van der Waals surface area contributed by atoms with Crippen molar-refractivity contribution < 1.29 is 9.66 Å². The second-order valence-electron chi connectivity index (χ2n) is 10.5. The normalized spacial score (nSPS) is 11.2. The summed E-state index contributed by atoms with van der Waals surface area (Å²) in [7, 11) is 1.65. The Morgan fingerprint density at radius 2 is 1.56 bits per heavy atom. The van der Waals surface area contributed by atoms with Crippen LogP contribution in [0.2, 0.25) is 5.02 Å². The third-order valence-corrected chi connectivity index (χ3v) is 7.69. The summed E-state index contributed by atoms with van der Waals surface area (Å²) < 4.78 is 7.70. The van der Waals surface area contributed by atoms with Gasteiger partial charge in [0.2, 0.25) is 0 Å². The molecular formula is C35H35ClN4O3. The lowest BCUT2D eigenvalue weighted by Gasteiger charge is -2.25. The molecular weight excluding hydrogens is 560 g/mol. The first-order chi connectivity index (χ1) is 21.0. The number of methoxy groups -OCH3 is 1. The zero-order valence-electron chi connectivity index (χ0n) is 24.4. The van der Waals surface area contributed by atoms with Crippen molar-refractivity contribution >= 4 is 17.3 Å². The first-order valence-corrected chi connectivity index (χ1v) is 14.8. The van der Waals surface area contributed by atoms with E-state index in [0.717, 1.165) is 59.0 Å². The van der Waals surface area contributed by atoms with Crippen molar-refractivity contribution in [2.75, 3.05) is 7.11 Å². The predicted octanol–water partition coefficient (Wildman–Crippen LogP) is 8.79. The molecule has 0 atom stereocenters. The van der Waals surface area contributed by atoms with Crippen LogP contribution in [0.5, 0.6) is 5.75 Å². The second-order valence-corrected chi connectivity index (χ2v) is 10.9. The highest BCUT2D eigenvalue weighted by atomic mass is 35.5. The van der Waals surface area contributed by atoms with Crippen molar-refractivity contribution in [1.82, 2.24) is 14.5 Å². The molecule has 0 amide bonds. The SMILES string of the molecule is CCCCn1c(-c2ccccc2)nc(-c2ccccc2)c1CN(Cc1ccc(OC)cc1)Cc1cc(Cl)ccc1[N+](=O)[O-]. The summed E-state index contributed by atoms with van der Waals surface area (Å²) in [5.41, 5.74) is 5.74. The van der Waals surface area contributed by atoms with Gasteiger partial charge >= 0.3 is 0 Å². The lowest BCUT2D eigenvalue weighted by Crippen LogP contribution is -2.25. The fourth-order valence-electron chi connectivity index (χ4n) is 5.31. The molecule has 0 saturated carbocycles. The standard InChI is InChI=1S/C35H35ClN4O3/c1-3-4-21-39-33(34(27-11-7-5-8-12-27)37-35(39)28-13-9-6-10-14-28)25-38(23-26-15-18-31(43-2)19-16-26)24-29-22-30(36)17-20-32(29)40(41)42/h5-20,22H,3-4,21,23-25H2,1-2H3. The Balaban J connectivity index is 1.64. The van der Waals surface area contributed by atoms with Gasteiger partial charge in [-0.15, -0.1) is 0 Å². The second kappa shape index (κ2) is 14.1. The maximum Gasteiger partial charge on any atom is 0.273 e. The van der Waals surface area contributed by atoms with Crippen LogP contribution in [-0.4, -0.2) is 26.5 Å². The molecule has 8 heteroatoms. The van der Waals surface area contributed by atoms with Gasteiger partial charge in [-0.1, -0.05) is 97.7 Å². The number of hydrogen-bond acceptors (Lipinski definition) is 5. The summed E-state index contributed by atoms with van der Waals surface area (Å²) in [6, 6.07) is 33.1. The van der Waals surface area contributed by atoms with E-state index in [-0.39, 0.29) is 10.6 Å². The summed E-state index contributed by atoms with van der Waals surface area (Å²) in [5.74, 6) is 1.69. The number of unbranched alkanes of at least 4 members (excludes halogenated alkanes) is 1. The molecule has 4 aromatic carbocycles. The van der Waals surface area contributed by atoms with Crippen molar-refractivity contribution in [3.8, 4) is 28.4 Å². The lowest BCUT2D eigenvalue weighted by atomic mass is 10.1. The lowest BCUT2D eigenvalue weighted by molar-refractivity contribution is -0.385. The molecule has 7 nitrogen and oxygen atoms in total. The molecule has 220 valence electrons. The van der Waals surface area contributed by atoms with E-state index < -0.39 is 0 Å². The van der Waals surface area contributed by atoms with Gasteiger partial charge in [0.05, 0.1) is 23.4 Å². The van der Waals surface area contributed by atoms with Crippen molar-refractivity contribution in [3.63, 3.8) is 0 Å². The molecule has 0 spiro atoms. The van der Waals surface area contributed by atoms with Crippen LogP contribution in [0.1, 0.15) is 36.6 Å². The minimum absolute atomic E-state index is 0.0527. The minimum Gasteiger partial charge on any atom is -0.497 e. The van der Waals surface area contributed by atoms with Crippen LogP contribution >= 0.6 is 11.6 Å². The van der Waals surface area contributed by atoms with Crippen LogP contribution in [0, 0.1) is 10.1 Å². The zero-order chi connectivity index (χ0) is 30.2. The summed E-state index contributed by atoms with van der Waals surface area (Å²) in [6.07, 6.45) is 2.03. The largest absolute Gasteiger partial charge is 0.497 e. The van der Waals surface area contributed by atoms with Gasteiger partial charge in [-0.05, 0) is 36.2 Å². The third kappa shape index (κ3) is 7.31. The van der Waals surface area contributed by atoms with Gasteiger partial charge < -0.3 is 9.30 Å². The number of benzene rings is 4. The average Bonchev–Trinajstić information content (AvgIpc) is 3.38. The highest BCUT2D eigenvalue weighted by molar-refractivity contribution is 6.30. The molecule has 0 N–H and O–H groups in total. The topological polar surface area (TPSA) is 73.4 Å². The Kier molecular flexibility index (Phi) is 9.87. The van der Waals surface area contributed by atoms with Crippen LogP contribution in [-0.2, 0) is 26.2 Å². The van der Waals surface area contributed by atoms with Gasteiger partial charge in [-0.25, -0.2) is 4.98 Å². The molecule has 43 heavy (non-hydrogen) atoms. The number of nitro benzene ring substituents is 1. The summed E-state index contributed by atoms with van der Waals surface area (Å²) >= 11 is 6.35. The summed E-state index contributed by atoms with van der Waals surface area (Å²) in [5, 5.41) is 12.5. The number of halogens is 1. The number of hydrogen-bond donors (Lipinski definition) is 0. The van der Waals surface area contributed by atoms with E-state index in [0.29, 0.717) is 30.2 Å². The zero-order valence-corrected chi connectivity index (χ0v) is 25.2. The van der Waals surface area contributed by atoms with E-state index in [1.165, 1.54) is 6.07 Å². The molecule has 5 rings (SSSR count). The molecule has 0 radical (unpaired) electrons. The first kappa shape index (κ1) is 30.0. The number of nitrogens with zero attached hydrogens (tertiary/aromatic N) is 4. The molecule has 0 fully saturated rings. The monoisotopic (exact) mass is 594 g/mol. The maximum absolute atomic E-state index is 12.0. The van der Waals surface area contributed by atoms with Gasteiger partial charge in [-0.2, -0.15) is 0 Å². The fraction of sp³-hybridized carbons (Fsp3) is 0.229. The Bertz CT molecular complexity index is 1650. The van der Waals surface area contributed by atoms with Crippen molar-refractivity contribution in [2.24, 2.45) is 0 Å². The first-order valence-electron chi connectivity index (χ1n) is 14.4. The minimum atomic E-state index is -0.342. The maximum atomic E-state index is 12.0. The molecule has 1 aromatic heterocycles. The number of rotatable bonds is 13. The van der Waals surface area contributed by atoms with E-state index >= 15 is 0 Å². The molecule has 1 heterocycles. The molecule has 5 aromatic rings. The van der Waals surface area contributed by atoms with E-state index in [4.69, 9.17) is 21.3 Å². The van der Waals surface area contributed by atoms with Crippen molar-refractivity contribution in [1.29, 1.82) is 0 Å². The number of aromatic nitrogens is 2. The highest BCUT2D eigenvalue weighted by Gasteiger charge is 2.24. The van der Waals surface area contributed by atoms with Gasteiger partial charge in [-0.3, -0.25) is 15.0 Å². The molecule has 0 aliphatic heterocycles. The molecule has 0 bridgehead atoms. The molecule has 0 unspecified atom stereocenters. The van der Waals surface area contributed by atoms with Gasteiger partial charge in [0, 0.05) is 54.0 Å². The molecule has 0 saturated heterocycles. The number of nitro groups is 1. The summed E-state index contributed by atoms with van der Waals surface area (Å²) in [4.78, 5) is 19.1. The van der Waals surface area contributed by atoms with E-state index in [9.17, 15) is 10.1 Å². The van der Waals surface area contributed by atoms with Gasteiger partial charge in [0.25, 0.3) is 5.69 Å². The Labute approximate surface area is 257 Å². The number of ether oxygens (including phenoxy) is 1. The highest BCUT2D eigenvalue weighted by Crippen LogP contribution is 2.33. The van der Waals surface area contributed by atoms with E-state index in [1.807, 2.05) is 60.7 Å². The fourth-order valence-corrected chi connectivity index (χ4v) is 5.50. The van der Waals surface area contributed by atoms with Crippen LogP contribution in [0.25, 0.3) is 22.6 Å². The van der Waals surface area contributed by atoms with Crippen molar-refractivity contribution in [3.05, 3.63) is 135 Å². The molecule has 0 aliphatic carbocycles. The number of imidazole rings is 1. The van der Waals surface area contributed by atoms with Crippen LogP contribution in [0.15, 0.2) is 103 Å².